The van der Waals surface area contributed by atoms with Crippen LogP contribution in [-0.4, -0.2) is 38.1 Å². The van der Waals surface area contributed by atoms with Crippen LogP contribution in [0.1, 0.15) is 91.3 Å². The topological polar surface area (TPSA) is 122 Å². The van der Waals surface area contributed by atoms with Crippen LogP contribution >= 0.6 is 0 Å². The Morgan fingerprint density at radius 3 is 2.57 bits per heavy atom. The molecule has 4 aliphatic rings. The Morgan fingerprint density at radius 2 is 1.86 bits per heavy atom. The molecule has 3 aliphatic carbocycles. The minimum Gasteiger partial charge on any atom is -0.396 e. The molecule has 1 aliphatic heterocycles. The number of aryl methyl sites for hydroxylation is 1. The summed E-state index contributed by atoms with van der Waals surface area (Å²) in [5.74, 6) is -0.511. The summed E-state index contributed by atoms with van der Waals surface area (Å²) >= 11 is 0. The first-order valence-electron chi connectivity index (χ1n) is 15.2. The molecule has 2 atom stereocenters. The highest BCUT2D eigenvalue weighted by Crippen LogP contribution is 2.46. The van der Waals surface area contributed by atoms with Crippen LogP contribution in [0.4, 0.5) is 4.39 Å². The maximum atomic E-state index is 15.1. The Balaban J connectivity index is 1.38. The maximum absolute atomic E-state index is 15.1. The van der Waals surface area contributed by atoms with Crippen LogP contribution in [0.3, 0.4) is 0 Å². The van der Waals surface area contributed by atoms with E-state index >= 15 is 4.39 Å². The third-order valence-corrected chi connectivity index (χ3v) is 10.5. The average molecular weight is 574 g/mol. The number of aliphatic hydroxyl groups excluding tert-OH is 1. The summed E-state index contributed by atoms with van der Waals surface area (Å²) in [7, 11) is 0. The number of carbonyl (C=O) groups excluding carboxylic acids is 2. The fourth-order valence-corrected chi connectivity index (χ4v) is 7.98. The minimum atomic E-state index is -1.72. The van der Waals surface area contributed by atoms with Crippen molar-refractivity contribution >= 4 is 22.6 Å². The van der Waals surface area contributed by atoms with Crippen molar-refractivity contribution in [3.05, 3.63) is 61.7 Å². The van der Waals surface area contributed by atoms with E-state index in [1.165, 1.54) is 6.07 Å². The summed E-state index contributed by atoms with van der Waals surface area (Å²) in [6.45, 7) is 3.92. The minimum absolute atomic E-state index is 0.00736. The number of ketones is 1. The summed E-state index contributed by atoms with van der Waals surface area (Å²) in [5.41, 5.74) is 3.54. The van der Waals surface area contributed by atoms with E-state index in [0.29, 0.717) is 46.4 Å². The van der Waals surface area contributed by atoms with Crippen LogP contribution in [0.5, 0.6) is 0 Å². The number of benzene rings is 1. The van der Waals surface area contributed by atoms with Gasteiger partial charge in [-0.3, -0.25) is 14.4 Å². The zero-order chi connectivity index (χ0) is 29.5. The molecule has 2 aromatic heterocycles. The Kier molecular flexibility index (Phi) is 6.40. The van der Waals surface area contributed by atoms with E-state index in [1.807, 2.05) is 0 Å². The number of aliphatic hydroxyl groups is 2. The van der Waals surface area contributed by atoms with Crippen LogP contribution in [0, 0.1) is 24.6 Å². The number of fused-ring (bicyclic) bond motifs is 5. The van der Waals surface area contributed by atoms with Crippen LogP contribution in [-0.2, 0) is 34.6 Å². The number of nitrogens with zero attached hydrogens (tertiary/aromatic N) is 2. The van der Waals surface area contributed by atoms with Gasteiger partial charge >= 0.3 is 0 Å². The van der Waals surface area contributed by atoms with E-state index in [2.05, 4.69) is 5.32 Å². The van der Waals surface area contributed by atoms with E-state index in [-0.39, 0.29) is 73.4 Å². The lowest BCUT2D eigenvalue weighted by atomic mass is 9.77. The molecular weight excluding hydrogens is 537 g/mol. The molecule has 220 valence electrons. The highest BCUT2D eigenvalue weighted by Gasteiger charge is 2.44. The zero-order valence-corrected chi connectivity index (χ0v) is 24.1. The second-order valence-corrected chi connectivity index (χ2v) is 12.7. The van der Waals surface area contributed by atoms with Gasteiger partial charge in [-0.15, -0.1) is 0 Å². The van der Waals surface area contributed by atoms with E-state index in [4.69, 9.17) is 4.98 Å². The molecule has 7 rings (SSSR count). The molecule has 3 aromatic rings. The summed E-state index contributed by atoms with van der Waals surface area (Å²) < 4.78 is 16.8. The monoisotopic (exact) mass is 573 g/mol. The number of pyridine rings is 2. The molecule has 9 heteroatoms. The predicted octanol–water partition coefficient (Wildman–Crippen LogP) is 3.89. The molecule has 0 bridgehead atoms. The molecule has 42 heavy (non-hydrogen) atoms. The third kappa shape index (κ3) is 3.85. The molecule has 1 saturated carbocycles. The Labute approximate surface area is 243 Å². The van der Waals surface area contributed by atoms with Gasteiger partial charge in [-0.1, -0.05) is 6.92 Å². The van der Waals surface area contributed by atoms with Gasteiger partial charge in [0.05, 0.1) is 29.5 Å². The van der Waals surface area contributed by atoms with Crippen LogP contribution in [0.2, 0.25) is 0 Å². The number of hydrogen-bond donors (Lipinski definition) is 3. The molecule has 0 saturated heterocycles. The van der Waals surface area contributed by atoms with Gasteiger partial charge < -0.3 is 20.1 Å². The van der Waals surface area contributed by atoms with E-state index in [0.717, 1.165) is 47.8 Å². The van der Waals surface area contributed by atoms with E-state index in [9.17, 15) is 24.6 Å². The van der Waals surface area contributed by atoms with Crippen LogP contribution < -0.4 is 10.9 Å². The van der Waals surface area contributed by atoms with Crippen molar-refractivity contribution in [2.24, 2.45) is 11.8 Å². The van der Waals surface area contributed by atoms with E-state index < -0.39 is 5.60 Å². The van der Waals surface area contributed by atoms with Crippen molar-refractivity contribution < 1.29 is 24.2 Å². The molecule has 1 amide bonds. The van der Waals surface area contributed by atoms with Gasteiger partial charge in [-0.05, 0) is 87.0 Å². The summed E-state index contributed by atoms with van der Waals surface area (Å²) in [6, 6.07) is 2.85. The zero-order valence-electron chi connectivity index (χ0n) is 24.1. The fourth-order valence-electron chi connectivity index (χ4n) is 7.98. The van der Waals surface area contributed by atoms with E-state index in [1.54, 1.807) is 24.5 Å². The highest BCUT2D eigenvalue weighted by molar-refractivity contribution is 5.94. The smallest absolute Gasteiger partial charge is 0.254 e. The summed E-state index contributed by atoms with van der Waals surface area (Å²) in [5, 5.41) is 25.0. The average Bonchev–Trinajstić information content (AvgIpc) is 3.37. The lowest BCUT2D eigenvalue weighted by molar-refractivity contribution is -0.140. The first-order chi connectivity index (χ1) is 20.2. The second kappa shape index (κ2) is 9.81. The van der Waals surface area contributed by atoms with Gasteiger partial charge in [0.15, 0.2) is 5.78 Å². The number of halogens is 1. The van der Waals surface area contributed by atoms with Gasteiger partial charge in [0, 0.05) is 47.1 Å². The summed E-state index contributed by atoms with van der Waals surface area (Å²) in [6.07, 6.45) is 4.88. The van der Waals surface area contributed by atoms with Gasteiger partial charge in [0.25, 0.3) is 5.56 Å². The first kappa shape index (κ1) is 27.4. The van der Waals surface area contributed by atoms with Gasteiger partial charge in [0.1, 0.15) is 11.4 Å². The first-order valence-corrected chi connectivity index (χ1v) is 15.2. The summed E-state index contributed by atoms with van der Waals surface area (Å²) in [4.78, 5) is 45.1. The number of carbonyl (C=O) groups is 2. The number of Topliss-reactive ketones (excluding diaryl/α,β-unsaturated/α-hetero) is 1. The number of nitrogens with one attached hydrogen (secondary N) is 1. The van der Waals surface area contributed by atoms with Crippen molar-refractivity contribution in [3.63, 3.8) is 0 Å². The quantitative estimate of drug-likeness (QED) is 0.341. The maximum Gasteiger partial charge on any atom is 0.254 e. The van der Waals surface area contributed by atoms with Crippen molar-refractivity contribution in [3.8, 4) is 11.4 Å². The highest BCUT2D eigenvalue weighted by atomic mass is 19.1. The number of aromatic nitrogens is 2. The van der Waals surface area contributed by atoms with Crippen molar-refractivity contribution in [1.82, 2.24) is 14.9 Å². The molecule has 0 unspecified atom stereocenters. The van der Waals surface area contributed by atoms with Crippen molar-refractivity contribution in [2.75, 3.05) is 6.61 Å². The SMILES string of the molecule is CC[C@@]1(O)C(=O)CCc2c1cc1n(c2=O)Cc2c-1nc1cc(F)c(C)c3c1c2[C@@H](NC(=O)C1CCC(CO)CC1)CC3. The Morgan fingerprint density at radius 1 is 1.10 bits per heavy atom. The molecule has 1 fully saturated rings. The van der Waals surface area contributed by atoms with Crippen LogP contribution in [0.25, 0.3) is 22.3 Å². The largest absolute Gasteiger partial charge is 0.396 e. The molecule has 3 N–H and O–H groups in total. The third-order valence-electron chi connectivity index (χ3n) is 10.5. The number of amides is 1. The van der Waals surface area contributed by atoms with Crippen molar-refractivity contribution in [2.45, 2.75) is 89.8 Å². The van der Waals surface area contributed by atoms with Gasteiger partial charge in [-0.25, -0.2) is 9.37 Å². The standard InChI is InChI=1S/C33H36FN3O5/c1-3-33(42)22-12-26-30-21(14-37(26)32(41)20(22)9-11-27(33)39)29-24(36-31(40)18-6-4-17(15-38)5-7-18)10-8-19-16(2)23(34)13-25(35-30)28(19)29/h12-13,17-18,24,38,42H,3-11,14-15H2,1-2H3,(H,36,40)/t17?,18?,24-,33-/m0/s1. The van der Waals surface area contributed by atoms with Crippen LogP contribution in [0.15, 0.2) is 16.9 Å². The molecule has 0 radical (unpaired) electrons. The molecular formula is C33H36FN3O5. The molecule has 1 aromatic carbocycles. The lowest BCUT2D eigenvalue weighted by Gasteiger charge is -2.32. The normalized spacial score (nSPS) is 26.1. The molecule has 0 spiro atoms. The fraction of sp³-hybridized carbons (Fsp3) is 0.515. The Hall–Kier alpha value is -3.43. The second-order valence-electron chi connectivity index (χ2n) is 12.7. The van der Waals surface area contributed by atoms with Gasteiger partial charge in [-0.2, -0.15) is 0 Å². The lowest BCUT2D eigenvalue weighted by Crippen LogP contribution is -2.43. The van der Waals surface area contributed by atoms with Crippen molar-refractivity contribution in [1.29, 1.82) is 0 Å². The predicted molar refractivity (Wildman–Crippen MR) is 154 cm³/mol. The number of hydrogen-bond acceptors (Lipinski definition) is 6. The van der Waals surface area contributed by atoms with Gasteiger partial charge in [0.2, 0.25) is 5.91 Å². The molecule has 8 nitrogen and oxygen atoms in total. The Bertz CT molecular complexity index is 1740. The number of rotatable bonds is 4. The molecule has 3 heterocycles.